The van der Waals surface area contributed by atoms with Crippen LogP contribution in [0.5, 0.6) is 0 Å². The molecule has 0 aromatic rings. The molecule has 0 saturated heterocycles. The molecule has 0 heterocycles. The number of allylic oxidation sites excluding steroid dienone is 6. The van der Waals surface area contributed by atoms with E-state index in [9.17, 15) is 25.2 Å². The lowest BCUT2D eigenvalue weighted by Crippen LogP contribution is -2.53. The number of carbonyl (C=O) groups excluding carboxylic acids is 1. The molecule has 0 aromatic carbocycles. The van der Waals surface area contributed by atoms with Crippen LogP contribution in [-0.2, 0) is 4.79 Å². The molecule has 0 spiro atoms. The van der Waals surface area contributed by atoms with Gasteiger partial charge in [0.2, 0.25) is 5.91 Å². The Bertz CT molecular complexity index is 619. The Morgan fingerprint density at radius 2 is 1.13 bits per heavy atom. The number of carbonyl (C=O) groups is 1. The van der Waals surface area contributed by atoms with Gasteiger partial charge in [0.25, 0.3) is 0 Å². The highest BCUT2D eigenvalue weighted by atomic mass is 16.3. The third-order valence-corrected chi connectivity index (χ3v) is 6.80. The van der Waals surface area contributed by atoms with Crippen molar-refractivity contribution in [2.24, 2.45) is 0 Å². The number of amides is 1. The quantitative estimate of drug-likeness (QED) is 0.0659. The van der Waals surface area contributed by atoms with Crippen LogP contribution in [0.3, 0.4) is 0 Å². The van der Waals surface area contributed by atoms with Gasteiger partial charge in [-0.25, -0.2) is 0 Å². The number of aliphatic hydroxyl groups is 4. The molecule has 4 unspecified atom stereocenters. The van der Waals surface area contributed by atoms with Gasteiger partial charge in [-0.15, -0.1) is 0 Å². The summed E-state index contributed by atoms with van der Waals surface area (Å²) in [5.41, 5.74) is 0. The minimum atomic E-state index is -1.29. The van der Waals surface area contributed by atoms with Crippen molar-refractivity contribution in [3.05, 3.63) is 36.5 Å². The van der Waals surface area contributed by atoms with Crippen LogP contribution in [0.1, 0.15) is 129 Å². The summed E-state index contributed by atoms with van der Waals surface area (Å²) in [6, 6.07) is -1.01. The molecule has 4 atom stereocenters. The van der Waals surface area contributed by atoms with Crippen LogP contribution in [0.15, 0.2) is 36.5 Å². The van der Waals surface area contributed by atoms with Gasteiger partial charge in [-0.05, 0) is 70.6 Å². The molecule has 0 aliphatic carbocycles. The maximum atomic E-state index is 12.3. The summed E-state index contributed by atoms with van der Waals surface area (Å²) in [5.74, 6) is -0.618. The predicted octanol–water partition coefficient (Wildman–Crippen LogP) is 6.28. The van der Waals surface area contributed by atoms with Crippen LogP contribution in [0.25, 0.3) is 0 Å². The van der Waals surface area contributed by atoms with Gasteiger partial charge in [0.15, 0.2) is 0 Å². The van der Waals surface area contributed by atoms with E-state index in [-0.39, 0.29) is 0 Å². The van der Waals surface area contributed by atoms with Gasteiger partial charge in [-0.3, -0.25) is 4.79 Å². The topological polar surface area (TPSA) is 110 Å². The van der Waals surface area contributed by atoms with Crippen LogP contribution < -0.4 is 5.32 Å². The zero-order valence-electron chi connectivity index (χ0n) is 24.4. The molecular weight excluding hydrogens is 478 g/mol. The number of aliphatic hydroxyl groups excluding tert-OH is 4. The van der Waals surface area contributed by atoms with Crippen molar-refractivity contribution in [3.8, 4) is 0 Å². The molecule has 6 nitrogen and oxygen atoms in total. The molecule has 0 aliphatic heterocycles. The second kappa shape index (κ2) is 27.1. The van der Waals surface area contributed by atoms with Crippen molar-refractivity contribution in [2.45, 2.75) is 154 Å². The second-order valence-corrected chi connectivity index (χ2v) is 10.4. The normalized spacial score (nSPS) is 15.4. The summed E-state index contributed by atoms with van der Waals surface area (Å²) in [6.07, 6.45) is 27.4. The van der Waals surface area contributed by atoms with Crippen molar-refractivity contribution in [3.63, 3.8) is 0 Å². The highest BCUT2D eigenvalue weighted by Crippen LogP contribution is 2.12. The molecule has 0 saturated carbocycles. The lowest BCUT2D eigenvalue weighted by molar-refractivity contribution is -0.132. The van der Waals surface area contributed by atoms with Crippen LogP contribution in [-0.4, -0.2) is 57.3 Å². The Morgan fingerprint density at radius 3 is 1.68 bits per heavy atom. The molecule has 0 fully saturated rings. The fraction of sp³-hybridized carbons (Fsp3) is 0.781. The molecular formula is C32H59NO5. The third kappa shape index (κ3) is 21.5. The Balaban J connectivity index is 4.03. The molecule has 1 amide bonds. The van der Waals surface area contributed by atoms with Crippen molar-refractivity contribution in [1.82, 2.24) is 5.32 Å². The van der Waals surface area contributed by atoms with E-state index in [4.69, 9.17) is 0 Å². The maximum Gasteiger partial charge on any atom is 0.249 e. The van der Waals surface area contributed by atoms with Gasteiger partial charge < -0.3 is 25.7 Å². The fourth-order valence-corrected chi connectivity index (χ4v) is 4.22. The number of hydrogen-bond acceptors (Lipinski definition) is 5. The zero-order valence-corrected chi connectivity index (χ0v) is 24.4. The first-order chi connectivity index (χ1) is 18.5. The SMILES string of the molecule is CCCC/C=C\CCCCCC(O)C(=O)NC(CO)C(O)C(O)CCC/C=C/CC/C=C/CCCCCC. The lowest BCUT2D eigenvalue weighted by Gasteiger charge is -2.27. The molecule has 0 aromatic heterocycles. The van der Waals surface area contributed by atoms with Gasteiger partial charge in [-0.2, -0.15) is 0 Å². The van der Waals surface area contributed by atoms with Crippen molar-refractivity contribution < 1.29 is 25.2 Å². The smallest absolute Gasteiger partial charge is 0.249 e. The van der Waals surface area contributed by atoms with Gasteiger partial charge >= 0.3 is 0 Å². The first-order valence-electron chi connectivity index (χ1n) is 15.4. The summed E-state index contributed by atoms with van der Waals surface area (Å²) in [5, 5.41) is 43.0. The predicted molar refractivity (Wildman–Crippen MR) is 159 cm³/mol. The standard InChI is InChI=1S/C32H59NO5/c1-3-5-7-9-11-13-14-15-16-18-19-21-23-25-29(35)31(37)28(27-34)33-32(38)30(36)26-24-22-20-17-12-10-8-6-4-2/h10,12-14,18-19,28-31,34-37H,3-9,11,15-17,20-27H2,1-2H3,(H,33,38)/b12-10-,14-13+,19-18+. The Labute approximate surface area is 233 Å². The van der Waals surface area contributed by atoms with Crippen molar-refractivity contribution >= 4 is 5.91 Å². The summed E-state index contributed by atoms with van der Waals surface area (Å²) < 4.78 is 0. The van der Waals surface area contributed by atoms with Gasteiger partial charge in [-0.1, -0.05) is 95.2 Å². The van der Waals surface area contributed by atoms with E-state index in [2.05, 4.69) is 55.6 Å². The maximum absolute atomic E-state index is 12.3. The number of nitrogens with one attached hydrogen (secondary N) is 1. The summed E-state index contributed by atoms with van der Waals surface area (Å²) in [7, 11) is 0. The lowest BCUT2D eigenvalue weighted by atomic mass is 10.00. The average Bonchev–Trinajstić information content (AvgIpc) is 2.92. The largest absolute Gasteiger partial charge is 0.394 e. The molecule has 222 valence electrons. The van der Waals surface area contributed by atoms with E-state index in [1.807, 2.05) is 0 Å². The van der Waals surface area contributed by atoms with E-state index < -0.39 is 36.9 Å². The molecule has 0 rings (SSSR count). The average molecular weight is 538 g/mol. The molecule has 0 bridgehead atoms. The molecule has 5 N–H and O–H groups in total. The van der Waals surface area contributed by atoms with Crippen LogP contribution >= 0.6 is 0 Å². The first-order valence-corrected chi connectivity index (χ1v) is 15.4. The number of unbranched alkanes of at least 4 members (excludes halogenated alkanes) is 11. The highest BCUT2D eigenvalue weighted by Gasteiger charge is 2.28. The van der Waals surface area contributed by atoms with Crippen molar-refractivity contribution in [1.29, 1.82) is 0 Å². The Kier molecular flexibility index (Phi) is 26.1. The zero-order chi connectivity index (χ0) is 28.3. The van der Waals surface area contributed by atoms with E-state index >= 15 is 0 Å². The highest BCUT2D eigenvalue weighted by molar-refractivity contribution is 5.80. The van der Waals surface area contributed by atoms with E-state index in [1.165, 1.54) is 38.5 Å². The summed E-state index contributed by atoms with van der Waals surface area (Å²) in [6.45, 7) is 3.90. The third-order valence-electron chi connectivity index (χ3n) is 6.80. The molecule has 0 aliphatic rings. The van der Waals surface area contributed by atoms with E-state index in [0.29, 0.717) is 19.3 Å². The summed E-state index contributed by atoms with van der Waals surface area (Å²) >= 11 is 0. The minimum Gasteiger partial charge on any atom is -0.394 e. The number of hydrogen-bond donors (Lipinski definition) is 5. The Hall–Kier alpha value is -1.47. The molecule has 0 radical (unpaired) electrons. The molecule has 38 heavy (non-hydrogen) atoms. The molecule has 6 heteroatoms. The summed E-state index contributed by atoms with van der Waals surface area (Å²) in [4.78, 5) is 12.3. The fourth-order valence-electron chi connectivity index (χ4n) is 4.22. The van der Waals surface area contributed by atoms with Gasteiger partial charge in [0.05, 0.1) is 18.8 Å². The van der Waals surface area contributed by atoms with E-state index in [0.717, 1.165) is 57.8 Å². The first kappa shape index (κ1) is 36.5. The van der Waals surface area contributed by atoms with Crippen LogP contribution in [0, 0.1) is 0 Å². The van der Waals surface area contributed by atoms with Crippen molar-refractivity contribution in [2.75, 3.05) is 6.61 Å². The van der Waals surface area contributed by atoms with Gasteiger partial charge in [0, 0.05) is 0 Å². The minimum absolute atomic E-state index is 0.337. The number of rotatable bonds is 26. The van der Waals surface area contributed by atoms with Crippen LogP contribution in [0.4, 0.5) is 0 Å². The monoisotopic (exact) mass is 537 g/mol. The van der Waals surface area contributed by atoms with Gasteiger partial charge in [0.1, 0.15) is 12.2 Å². The van der Waals surface area contributed by atoms with Crippen LogP contribution in [0.2, 0.25) is 0 Å². The van der Waals surface area contributed by atoms with E-state index in [1.54, 1.807) is 0 Å². The Morgan fingerprint density at radius 1 is 0.632 bits per heavy atom. The second-order valence-electron chi connectivity index (χ2n) is 10.4.